The summed E-state index contributed by atoms with van der Waals surface area (Å²) in [4.78, 5) is 0. The maximum Gasteiger partial charge on any atom is 0.137 e. The van der Waals surface area contributed by atoms with E-state index in [1.165, 1.54) is 0 Å². The first-order valence-corrected chi connectivity index (χ1v) is 7.42. The summed E-state index contributed by atoms with van der Waals surface area (Å²) < 4.78 is 5.78. The highest BCUT2D eigenvalue weighted by molar-refractivity contribution is 6.36. The molecule has 1 aromatic heterocycles. The molecule has 2 aromatic carbocycles. The molecule has 0 aliphatic carbocycles. The van der Waals surface area contributed by atoms with Crippen molar-refractivity contribution in [1.29, 1.82) is 0 Å². The lowest BCUT2D eigenvalue weighted by Gasteiger charge is -2.10. The number of para-hydroxylation sites is 1. The van der Waals surface area contributed by atoms with Gasteiger partial charge in [0.25, 0.3) is 0 Å². The molecule has 4 heteroatoms. The zero-order valence-electron chi connectivity index (χ0n) is 11.4. The summed E-state index contributed by atoms with van der Waals surface area (Å²) in [7, 11) is 0. The van der Waals surface area contributed by atoms with Crippen LogP contribution in [0.1, 0.15) is 23.0 Å². The van der Waals surface area contributed by atoms with Crippen LogP contribution in [-0.4, -0.2) is 5.11 Å². The van der Waals surface area contributed by atoms with E-state index in [0.29, 0.717) is 22.2 Å². The number of hydrogen-bond acceptors (Lipinski definition) is 2. The average Bonchev–Trinajstić information content (AvgIpc) is 2.88. The van der Waals surface area contributed by atoms with Gasteiger partial charge in [0.1, 0.15) is 17.4 Å². The molecule has 0 radical (unpaired) electrons. The number of aryl methyl sites for hydroxylation is 1. The minimum Gasteiger partial charge on any atom is -0.458 e. The van der Waals surface area contributed by atoms with Crippen LogP contribution in [0, 0.1) is 6.92 Å². The van der Waals surface area contributed by atoms with E-state index in [9.17, 15) is 5.11 Å². The Hall–Kier alpha value is -1.48. The Morgan fingerprint density at radius 2 is 1.76 bits per heavy atom. The summed E-state index contributed by atoms with van der Waals surface area (Å²) in [5.41, 5.74) is 2.57. The van der Waals surface area contributed by atoms with Crippen molar-refractivity contribution in [2.24, 2.45) is 0 Å². The van der Waals surface area contributed by atoms with Crippen LogP contribution in [-0.2, 0) is 6.42 Å². The minimum absolute atomic E-state index is 0.317. The molecule has 21 heavy (non-hydrogen) atoms. The molecule has 108 valence electrons. The fourth-order valence-corrected chi connectivity index (χ4v) is 2.97. The third-order valence-corrected chi connectivity index (χ3v) is 4.26. The number of aliphatic hydroxyl groups is 1. The quantitative estimate of drug-likeness (QED) is 0.708. The first kappa shape index (κ1) is 14.5. The highest BCUT2D eigenvalue weighted by Crippen LogP contribution is 2.32. The molecule has 0 amide bonds. The Bertz CT molecular complexity index is 772. The Balaban J connectivity index is 1.94. The summed E-state index contributed by atoms with van der Waals surface area (Å²) in [6, 6.07) is 13.1. The summed E-state index contributed by atoms with van der Waals surface area (Å²) in [6.45, 7) is 1.98. The molecule has 3 rings (SSSR count). The zero-order chi connectivity index (χ0) is 15.0. The van der Waals surface area contributed by atoms with E-state index in [2.05, 4.69) is 0 Å². The van der Waals surface area contributed by atoms with E-state index in [0.717, 1.165) is 22.1 Å². The van der Waals surface area contributed by atoms with E-state index in [1.807, 2.05) is 31.2 Å². The van der Waals surface area contributed by atoms with Gasteiger partial charge in [-0.3, -0.25) is 0 Å². The second kappa shape index (κ2) is 5.72. The summed E-state index contributed by atoms with van der Waals surface area (Å²) >= 11 is 12.3. The van der Waals surface area contributed by atoms with Crippen molar-refractivity contribution >= 4 is 34.2 Å². The Morgan fingerprint density at radius 3 is 2.43 bits per heavy atom. The number of aliphatic hydroxyl groups excluding tert-OH is 1. The van der Waals surface area contributed by atoms with Crippen LogP contribution in [0.15, 0.2) is 46.9 Å². The lowest BCUT2D eigenvalue weighted by Crippen LogP contribution is -2.01. The van der Waals surface area contributed by atoms with Crippen molar-refractivity contribution in [3.8, 4) is 0 Å². The first-order chi connectivity index (χ1) is 10.1. The van der Waals surface area contributed by atoms with Crippen LogP contribution in [0.3, 0.4) is 0 Å². The molecule has 0 bridgehead atoms. The number of hydrogen-bond donors (Lipinski definition) is 1. The molecule has 0 spiro atoms. The van der Waals surface area contributed by atoms with Crippen molar-refractivity contribution in [1.82, 2.24) is 0 Å². The minimum atomic E-state index is -0.783. The Kier molecular flexibility index (Phi) is 3.94. The third kappa shape index (κ3) is 2.80. The van der Waals surface area contributed by atoms with Crippen molar-refractivity contribution in [2.75, 3.05) is 0 Å². The zero-order valence-corrected chi connectivity index (χ0v) is 12.9. The second-order valence-electron chi connectivity index (χ2n) is 5.06. The van der Waals surface area contributed by atoms with Gasteiger partial charge in [0, 0.05) is 21.9 Å². The number of furan rings is 1. The molecule has 0 fully saturated rings. The smallest absolute Gasteiger partial charge is 0.137 e. The molecular formula is C17H14Cl2O2. The van der Waals surface area contributed by atoms with Gasteiger partial charge in [-0.25, -0.2) is 0 Å². The maximum atomic E-state index is 10.4. The predicted molar refractivity (Wildman–Crippen MR) is 86.1 cm³/mol. The van der Waals surface area contributed by atoms with Gasteiger partial charge < -0.3 is 9.52 Å². The highest BCUT2D eigenvalue weighted by atomic mass is 35.5. The standard InChI is InChI=1S/C17H14Cl2O2/c1-10-4-2-5-11-8-16(21-17(10)11)15(20)9-12-13(18)6-3-7-14(12)19/h2-8,15,20H,9H2,1H3. The van der Waals surface area contributed by atoms with E-state index < -0.39 is 6.10 Å². The molecule has 1 N–H and O–H groups in total. The Morgan fingerprint density at radius 1 is 1.10 bits per heavy atom. The molecule has 1 heterocycles. The van der Waals surface area contributed by atoms with E-state index >= 15 is 0 Å². The number of fused-ring (bicyclic) bond motifs is 1. The van der Waals surface area contributed by atoms with Crippen molar-refractivity contribution in [3.05, 3.63) is 69.4 Å². The van der Waals surface area contributed by atoms with Crippen LogP contribution < -0.4 is 0 Å². The molecule has 1 atom stereocenters. The Labute approximate surface area is 132 Å². The van der Waals surface area contributed by atoms with Crippen LogP contribution >= 0.6 is 23.2 Å². The second-order valence-corrected chi connectivity index (χ2v) is 5.88. The molecule has 1 unspecified atom stereocenters. The van der Waals surface area contributed by atoms with Crippen LogP contribution in [0.25, 0.3) is 11.0 Å². The first-order valence-electron chi connectivity index (χ1n) is 6.66. The lowest BCUT2D eigenvalue weighted by molar-refractivity contribution is 0.152. The van der Waals surface area contributed by atoms with E-state index in [4.69, 9.17) is 27.6 Å². The SMILES string of the molecule is Cc1cccc2cc(C(O)Cc3c(Cl)cccc3Cl)oc12. The summed E-state index contributed by atoms with van der Waals surface area (Å²) in [5.74, 6) is 0.523. The normalized spacial score (nSPS) is 12.8. The predicted octanol–water partition coefficient (Wildman–Crippen LogP) is 5.32. The fraction of sp³-hybridized carbons (Fsp3) is 0.176. The van der Waals surface area contributed by atoms with Crippen molar-refractivity contribution in [3.63, 3.8) is 0 Å². The molecule has 3 aromatic rings. The molecule has 0 aliphatic heterocycles. The number of benzene rings is 2. The molecule has 0 saturated heterocycles. The fourth-order valence-electron chi connectivity index (χ4n) is 2.41. The van der Waals surface area contributed by atoms with Gasteiger partial charge in [-0.05, 0) is 36.2 Å². The van der Waals surface area contributed by atoms with Gasteiger partial charge in [0.05, 0.1) is 0 Å². The average molecular weight is 321 g/mol. The van der Waals surface area contributed by atoms with Gasteiger partial charge >= 0.3 is 0 Å². The molecule has 2 nitrogen and oxygen atoms in total. The van der Waals surface area contributed by atoms with Gasteiger partial charge in [-0.15, -0.1) is 0 Å². The number of rotatable bonds is 3. The summed E-state index contributed by atoms with van der Waals surface area (Å²) in [5, 5.41) is 12.5. The highest BCUT2D eigenvalue weighted by Gasteiger charge is 2.17. The van der Waals surface area contributed by atoms with Gasteiger partial charge in [-0.1, -0.05) is 47.5 Å². The molecule has 0 saturated carbocycles. The van der Waals surface area contributed by atoms with Gasteiger partial charge in [-0.2, -0.15) is 0 Å². The largest absolute Gasteiger partial charge is 0.458 e. The molecular weight excluding hydrogens is 307 g/mol. The molecule has 0 aliphatic rings. The van der Waals surface area contributed by atoms with Crippen LogP contribution in [0.5, 0.6) is 0 Å². The van der Waals surface area contributed by atoms with Crippen LogP contribution in [0.4, 0.5) is 0 Å². The monoisotopic (exact) mass is 320 g/mol. The van der Waals surface area contributed by atoms with Crippen molar-refractivity contribution in [2.45, 2.75) is 19.4 Å². The number of halogens is 2. The van der Waals surface area contributed by atoms with Gasteiger partial charge in [0.2, 0.25) is 0 Å². The van der Waals surface area contributed by atoms with Crippen LogP contribution in [0.2, 0.25) is 10.0 Å². The van der Waals surface area contributed by atoms with Crippen molar-refractivity contribution < 1.29 is 9.52 Å². The summed E-state index contributed by atoms with van der Waals surface area (Å²) in [6.07, 6.45) is -0.466. The van der Waals surface area contributed by atoms with E-state index in [-0.39, 0.29) is 0 Å². The van der Waals surface area contributed by atoms with E-state index in [1.54, 1.807) is 18.2 Å². The maximum absolute atomic E-state index is 10.4. The van der Waals surface area contributed by atoms with Gasteiger partial charge in [0.15, 0.2) is 0 Å². The lowest BCUT2D eigenvalue weighted by atomic mass is 10.1. The topological polar surface area (TPSA) is 33.4 Å². The third-order valence-electron chi connectivity index (χ3n) is 3.55.